The summed E-state index contributed by atoms with van der Waals surface area (Å²) < 4.78 is 12.8. The van der Waals surface area contributed by atoms with E-state index < -0.39 is 0 Å². The van der Waals surface area contributed by atoms with Crippen LogP contribution in [0.2, 0.25) is 0 Å². The Bertz CT molecular complexity index is 516. The van der Waals surface area contributed by atoms with Crippen LogP contribution in [0.15, 0.2) is 36.8 Å². The van der Waals surface area contributed by atoms with Gasteiger partial charge in [-0.25, -0.2) is 14.4 Å². The van der Waals surface area contributed by atoms with Crippen LogP contribution in [0.5, 0.6) is 0 Å². The molecule has 94 valence electrons. The normalized spacial score (nSPS) is 10.4. The second-order valence-electron chi connectivity index (χ2n) is 4.01. The van der Waals surface area contributed by atoms with Crippen molar-refractivity contribution in [2.24, 2.45) is 0 Å². The van der Waals surface area contributed by atoms with Crippen LogP contribution in [0, 0.1) is 5.82 Å². The Morgan fingerprint density at radius 3 is 2.67 bits per heavy atom. The van der Waals surface area contributed by atoms with E-state index >= 15 is 0 Å². The summed E-state index contributed by atoms with van der Waals surface area (Å²) in [5, 5.41) is 9.21. The van der Waals surface area contributed by atoms with Gasteiger partial charge in [0.05, 0.1) is 6.61 Å². The molecule has 0 atom stereocenters. The van der Waals surface area contributed by atoms with Gasteiger partial charge in [0.1, 0.15) is 18.0 Å². The Morgan fingerprint density at radius 1 is 1.28 bits per heavy atom. The zero-order valence-electron chi connectivity index (χ0n) is 10.0. The molecule has 18 heavy (non-hydrogen) atoms. The molecule has 0 aliphatic heterocycles. The molecule has 1 aromatic heterocycles. The summed E-state index contributed by atoms with van der Waals surface area (Å²) in [7, 11) is 1.87. The highest BCUT2D eigenvalue weighted by Gasteiger charge is 2.08. The van der Waals surface area contributed by atoms with Gasteiger partial charge in [-0.05, 0) is 17.7 Å². The number of halogens is 1. The second kappa shape index (κ2) is 5.55. The average molecular weight is 247 g/mol. The fourth-order valence-corrected chi connectivity index (χ4v) is 1.75. The molecule has 0 amide bonds. The van der Waals surface area contributed by atoms with Gasteiger partial charge in [0.15, 0.2) is 0 Å². The quantitative estimate of drug-likeness (QED) is 0.894. The Labute approximate surface area is 105 Å². The van der Waals surface area contributed by atoms with Crippen molar-refractivity contribution in [3.05, 3.63) is 53.7 Å². The SMILES string of the molecule is CN(Cc1ccc(F)cc1)c1ncncc1CO. The molecule has 1 heterocycles. The van der Waals surface area contributed by atoms with Gasteiger partial charge in [-0.2, -0.15) is 0 Å². The number of anilines is 1. The highest BCUT2D eigenvalue weighted by molar-refractivity contribution is 5.44. The Hall–Kier alpha value is -2.01. The predicted octanol–water partition coefficient (Wildman–Crippen LogP) is 1.74. The van der Waals surface area contributed by atoms with E-state index in [0.29, 0.717) is 17.9 Å². The lowest BCUT2D eigenvalue weighted by molar-refractivity contribution is 0.281. The average Bonchev–Trinajstić information content (AvgIpc) is 2.41. The molecule has 0 saturated carbocycles. The summed E-state index contributed by atoms with van der Waals surface area (Å²) in [5.41, 5.74) is 1.64. The van der Waals surface area contributed by atoms with Crippen LogP contribution in [0.3, 0.4) is 0 Å². The van der Waals surface area contributed by atoms with Crippen molar-refractivity contribution >= 4 is 5.82 Å². The summed E-state index contributed by atoms with van der Waals surface area (Å²) >= 11 is 0. The lowest BCUT2D eigenvalue weighted by Gasteiger charge is -2.20. The number of aliphatic hydroxyl groups excluding tert-OH is 1. The van der Waals surface area contributed by atoms with Gasteiger partial charge in [-0.15, -0.1) is 0 Å². The highest BCUT2D eigenvalue weighted by Crippen LogP contribution is 2.17. The maximum absolute atomic E-state index is 12.8. The van der Waals surface area contributed by atoms with E-state index in [1.165, 1.54) is 18.5 Å². The van der Waals surface area contributed by atoms with Crippen LogP contribution >= 0.6 is 0 Å². The van der Waals surface area contributed by atoms with Crippen LogP contribution in [0.4, 0.5) is 10.2 Å². The first kappa shape index (κ1) is 12.4. The van der Waals surface area contributed by atoms with E-state index in [2.05, 4.69) is 9.97 Å². The monoisotopic (exact) mass is 247 g/mol. The highest BCUT2D eigenvalue weighted by atomic mass is 19.1. The molecule has 0 spiro atoms. The van der Waals surface area contributed by atoms with E-state index in [0.717, 1.165) is 5.56 Å². The zero-order valence-corrected chi connectivity index (χ0v) is 10.0. The molecule has 4 nitrogen and oxygen atoms in total. The molecule has 0 aliphatic rings. The third kappa shape index (κ3) is 2.81. The zero-order chi connectivity index (χ0) is 13.0. The molecule has 0 bridgehead atoms. The minimum atomic E-state index is -0.250. The predicted molar refractivity (Wildman–Crippen MR) is 66.5 cm³/mol. The van der Waals surface area contributed by atoms with Crippen molar-refractivity contribution in [2.45, 2.75) is 13.2 Å². The molecular weight excluding hydrogens is 233 g/mol. The van der Waals surface area contributed by atoms with Gasteiger partial charge in [0.2, 0.25) is 0 Å². The molecular formula is C13H14FN3O. The van der Waals surface area contributed by atoms with Gasteiger partial charge >= 0.3 is 0 Å². The fourth-order valence-electron chi connectivity index (χ4n) is 1.75. The van der Waals surface area contributed by atoms with Crippen LogP contribution in [0.25, 0.3) is 0 Å². The summed E-state index contributed by atoms with van der Waals surface area (Å²) in [4.78, 5) is 9.90. The maximum Gasteiger partial charge on any atom is 0.137 e. The lowest BCUT2D eigenvalue weighted by Crippen LogP contribution is -2.19. The van der Waals surface area contributed by atoms with Gasteiger partial charge < -0.3 is 10.0 Å². The molecule has 0 radical (unpaired) electrons. The van der Waals surface area contributed by atoms with E-state index in [-0.39, 0.29) is 12.4 Å². The number of aliphatic hydroxyl groups is 1. The van der Waals surface area contributed by atoms with Crippen molar-refractivity contribution < 1.29 is 9.50 Å². The summed E-state index contributed by atoms with van der Waals surface area (Å²) in [5.74, 6) is 0.427. The molecule has 1 aromatic carbocycles. The minimum absolute atomic E-state index is 0.107. The number of benzene rings is 1. The molecule has 0 unspecified atom stereocenters. The summed E-state index contributed by atoms with van der Waals surface area (Å²) in [6.45, 7) is 0.480. The first-order valence-electron chi connectivity index (χ1n) is 5.56. The number of rotatable bonds is 4. The Kier molecular flexibility index (Phi) is 3.84. The number of hydrogen-bond acceptors (Lipinski definition) is 4. The molecule has 5 heteroatoms. The molecule has 2 aromatic rings. The second-order valence-corrected chi connectivity index (χ2v) is 4.01. The molecule has 2 rings (SSSR count). The van der Waals surface area contributed by atoms with E-state index in [4.69, 9.17) is 0 Å². The standard InChI is InChI=1S/C13H14FN3O/c1-17(7-10-2-4-12(14)5-3-10)13-11(8-18)6-15-9-16-13/h2-6,9,18H,7-8H2,1H3. The lowest BCUT2D eigenvalue weighted by atomic mass is 10.2. The van der Waals surface area contributed by atoms with Crippen molar-refractivity contribution in [3.63, 3.8) is 0 Å². The van der Waals surface area contributed by atoms with Crippen LogP contribution in [-0.4, -0.2) is 22.1 Å². The minimum Gasteiger partial charge on any atom is -0.391 e. The number of hydrogen-bond donors (Lipinski definition) is 1. The molecule has 0 saturated heterocycles. The smallest absolute Gasteiger partial charge is 0.137 e. The molecule has 0 fully saturated rings. The molecule has 1 N–H and O–H groups in total. The van der Waals surface area contributed by atoms with Gasteiger partial charge in [0, 0.05) is 25.4 Å². The fraction of sp³-hybridized carbons (Fsp3) is 0.231. The van der Waals surface area contributed by atoms with Crippen LogP contribution in [0.1, 0.15) is 11.1 Å². The third-order valence-electron chi connectivity index (χ3n) is 2.63. The van der Waals surface area contributed by atoms with E-state index in [1.54, 1.807) is 18.3 Å². The number of nitrogens with zero attached hydrogens (tertiary/aromatic N) is 3. The largest absolute Gasteiger partial charge is 0.391 e. The Morgan fingerprint density at radius 2 is 2.00 bits per heavy atom. The van der Waals surface area contributed by atoms with Gasteiger partial charge in [0.25, 0.3) is 0 Å². The first-order chi connectivity index (χ1) is 8.70. The van der Waals surface area contributed by atoms with Gasteiger partial charge in [-0.3, -0.25) is 0 Å². The van der Waals surface area contributed by atoms with Crippen molar-refractivity contribution in [1.82, 2.24) is 9.97 Å². The van der Waals surface area contributed by atoms with E-state index in [9.17, 15) is 9.50 Å². The van der Waals surface area contributed by atoms with Crippen LogP contribution < -0.4 is 4.90 Å². The summed E-state index contributed by atoms with van der Waals surface area (Å²) in [6.07, 6.45) is 3.03. The first-order valence-corrected chi connectivity index (χ1v) is 5.56. The molecule has 0 aliphatic carbocycles. The third-order valence-corrected chi connectivity index (χ3v) is 2.63. The summed E-state index contributed by atoms with van der Waals surface area (Å²) in [6, 6.07) is 6.31. The number of aromatic nitrogens is 2. The van der Waals surface area contributed by atoms with Crippen molar-refractivity contribution in [1.29, 1.82) is 0 Å². The topological polar surface area (TPSA) is 49.2 Å². The Balaban J connectivity index is 2.16. The van der Waals surface area contributed by atoms with Crippen molar-refractivity contribution in [3.8, 4) is 0 Å². The maximum atomic E-state index is 12.8. The van der Waals surface area contributed by atoms with Gasteiger partial charge in [-0.1, -0.05) is 12.1 Å². The van der Waals surface area contributed by atoms with Crippen LogP contribution in [-0.2, 0) is 13.2 Å². The van der Waals surface area contributed by atoms with E-state index in [1.807, 2.05) is 11.9 Å². The van der Waals surface area contributed by atoms with Crippen molar-refractivity contribution in [2.75, 3.05) is 11.9 Å².